The Morgan fingerprint density at radius 3 is 2.45 bits per heavy atom. The first-order chi connectivity index (χ1) is 10.7. The van der Waals surface area contributed by atoms with Crippen molar-refractivity contribution in [3.8, 4) is 11.5 Å². The van der Waals surface area contributed by atoms with Crippen LogP contribution in [-0.4, -0.2) is 70.4 Å². The van der Waals surface area contributed by atoms with Gasteiger partial charge in [-0.2, -0.15) is 0 Å². The lowest BCUT2D eigenvalue weighted by atomic mass is 9.96. The molecule has 2 aliphatic rings. The minimum Gasteiger partial charge on any atom is -0.493 e. The number of hydrogen-bond acceptors (Lipinski definition) is 5. The average molecular weight is 306 g/mol. The molecule has 0 spiro atoms. The first-order valence-electron chi connectivity index (χ1n) is 7.98. The lowest BCUT2D eigenvalue weighted by Crippen LogP contribution is -2.46. The summed E-state index contributed by atoms with van der Waals surface area (Å²) in [5.74, 6) is 1.59. The third kappa shape index (κ3) is 3.21. The molecule has 1 aromatic rings. The second-order valence-corrected chi connectivity index (χ2v) is 6.12. The number of fused-ring (bicyclic) bond motifs is 1. The Balaban J connectivity index is 1.78. The van der Waals surface area contributed by atoms with Gasteiger partial charge in [0.25, 0.3) is 0 Å². The molecular formula is C17H26N2O3. The van der Waals surface area contributed by atoms with Gasteiger partial charge in [0.2, 0.25) is 0 Å². The van der Waals surface area contributed by atoms with Crippen LogP contribution in [-0.2, 0) is 11.2 Å². The van der Waals surface area contributed by atoms with Gasteiger partial charge in [0.1, 0.15) is 0 Å². The van der Waals surface area contributed by atoms with E-state index in [9.17, 15) is 0 Å². The lowest BCUT2D eigenvalue weighted by molar-refractivity contribution is 0.00638. The normalized spacial score (nSPS) is 23.1. The number of piperazine rings is 1. The molecule has 1 saturated heterocycles. The Morgan fingerprint density at radius 1 is 1.09 bits per heavy atom. The minimum atomic E-state index is 0.131. The number of benzene rings is 1. The maximum absolute atomic E-state index is 6.06. The van der Waals surface area contributed by atoms with E-state index in [4.69, 9.17) is 14.2 Å². The lowest BCUT2D eigenvalue weighted by Gasteiger charge is -2.36. The summed E-state index contributed by atoms with van der Waals surface area (Å²) in [6, 6.07) is 4.20. The van der Waals surface area contributed by atoms with Crippen LogP contribution in [0.2, 0.25) is 0 Å². The highest BCUT2D eigenvalue weighted by Crippen LogP contribution is 2.37. The van der Waals surface area contributed by atoms with Gasteiger partial charge >= 0.3 is 0 Å². The highest BCUT2D eigenvalue weighted by Gasteiger charge is 2.26. The van der Waals surface area contributed by atoms with Crippen LogP contribution in [0.5, 0.6) is 11.5 Å². The number of rotatable bonds is 4. The van der Waals surface area contributed by atoms with E-state index in [0.717, 1.165) is 57.3 Å². The average Bonchev–Trinajstić information content (AvgIpc) is 2.56. The highest BCUT2D eigenvalue weighted by molar-refractivity contribution is 5.49. The summed E-state index contributed by atoms with van der Waals surface area (Å²) in [6.07, 6.45) is 1.07. The summed E-state index contributed by atoms with van der Waals surface area (Å²) in [4.78, 5) is 4.87. The van der Waals surface area contributed by atoms with E-state index in [1.165, 1.54) is 11.1 Å². The molecule has 0 radical (unpaired) electrons. The van der Waals surface area contributed by atoms with Crippen LogP contribution in [0.15, 0.2) is 12.1 Å². The molecule has 0 bridgehead atoms. The number of methoxy groups -OCH3 is 2. The fraction of sp³-hybridized carbons (Fsp3) is 0.647. The predicted octanol–water partition coefficient (Wildman–Crippen LogP) is 1.56. The van der Waals surface area contributed by atoms with Crippen LogP contribution in [0.1, 0.15) is 17.2 Å². The van der Waals surface area contributed by atoms with Crippen molar-refractivity contribution < 1.29 is 14.2 Å². The molecule has 0 saturated carbocycles. The zero-order valence-electron chi connectivity index (χ0n) is 13.8. The van der Waals surface area contributed by atoms with E-state index in [2.05, 4.69) is 29.0 Å². The third-order valence-electron chi connectivity index (χ3n) is 4.70. The van der Waals surface area contributed by atoms with Crippen LogP contribution in [0.25, 0.3) is 0 Å². The summed E-state index contributed by atoms with van der Waals surface area (Å²) in [5.41, 5.74) is 2.57. The Labute approximate surface area is 132 Å². The van der Waals surface area contributed by atoms with Gasteiger partial charge in [-0.1, -0.05) is 0 Å². The van der Waals surface area contributed by atoms with E-state index in [1.54, 1.807) is 14.2 Å². The molecule has 3 rings (SSSR count). The maximum Gasteiger partial charge on any atom is 0.161 e. The van der Waals surface area contributed by atoms with Crippen LogP contribution in [0, 0.1) is 0 Å². The standard InChI is InChI=1S/C17H26N2O3/c1-18-5-7-19(8-6-18)12-17-14-11-16(21-3)15(20-2)10-13(14)4-9-22-17/h10-11,17H,4-9,12H2,1-3H3. The van der Waals surface area contributed by atoms with Crippen LogP contribution < -0.4 is 9.47 Å². The van der Waals surface area contributed by atoms with Crippen molar-refractivity contribution in [3.63, 3.8) is 0 Å². The van der Waals surface area contributed by atoms with E-state index >= 15 is 0 Å². The summed E-state index contributed by atoms with van der Waals surface area (Å²) >= 11 is 0. The SMILES string of the molecule is COc1cc2c(cc1OC)C(CN1CCN(C)CC1)OCC2. The minimum absolute atomic E-state index is 0.131. The van der Waals surface area contributed by atoms with Gasteiger partial charge < -0.3 is 19.1 Å². The third-order valence-corrected chi connectivity index (χ3v) is 4.70. The first-order valence-corrected chi connectivity index (χ1v) is 7.98. The van der Waals surface area contributed by atoms with Gasteiger partial charge in [0.15, 0.2) is 11.5 Å². The molecule has 1 atom stereocenters. The number of ether oxygens (including phenoxy) is 3. The summed E-state index contributed by atoms with van der Waals surface area (Å²) < 4.78 is 16.9. The van der Waals surface area contributed by atoms with E-state index in [0.29, 0.717) is 0 Å². The monoisotopic (exact) mass is 306 g/mol. The van der Waals surface area contributed by atoms with Crippen molar-refractivity contribution in [1.29, 1.82) is 0 Å². The first kappa shape index (κ1) is 15.6. The molecule has 2 aliphatic heterocycles. The molecule has 5 nitrogen and oxygen atoms in total. The largest absolute Gasteiger partial charge is 0.493 e. The summed E-state index contributed by atoms with van der Waals surface area (Å²) in [6.45, 7) is 6.21. The van der Waals surface area contributed by atoms with Crippen LogP contribution >= 0.6 is 0 Å². The van der Waals surface area contributed by atoms with E-state index in [1.807, 2.05) is 0 Å². The number of nitrogens with zero attached hydrogens (tertiary/aromatic N) is 2. The van der Waals surface area contributed by atoms with Crippen molar-refractivity contribution >= 4 is 0 Å². The van der Waals surface area contributed by atoms with Crippen molar-refractivity contribution in [2.24, 2.45) is 0 Å². The molecule has 1 fully saturated rings. The zero-order chi connectivity index (χ0) is 15.5. The van der Waals surface area contributed by atoms with Gasteiger partial charge in [-0.05, 0) is 36.7 Å². The molecule has 0 aromatic heterocycles. The number of hydrogen-bond donors (Lipinski definition) is 0. The quantitative estimate of drug-likeness (QED) is 0.843. The van der Waals surface area contributed by atoms with Gasteiger partial charge in [-0.15, -0.1) is 0 Å². The van der Waals surface area contributed by atoms with Gasteiger partial charge in [0, 0.05) is 32.7 Å². The highest BCUT2D eigenvalue weighted by atomic mass is 16.5. The Hall–Kier alpha value is -1.30. The van der Waals surface area contributed by atoms with Crippen molar-refractivity contribution in [2.75, 3.05) is 60.6 Å². The predicted molar refractivity (Wildman–Crippen MR) is 85.9 cm³/mol. The molecule has 1 aromatic carbocycles. The topological polar surface area (TPSA) is 34.2 Å². The summed E-state index contributed by atoms with van der Waals surface area (Å²) in [7, 11) is 5.55. The molecule has 0 aliphatic carbocycles. The van der Waals surface area contributed by atoms with Gasteiger partial charge in [-0.3, -0.25) is 4.90 Å². The Kier molecular flexibility index (Phi) is 4.86. The van der Waals surface area contributed by atoms with Gasteiger partial charge in [-0.25, -0.2) is 0 Å². The summed E-state index contributed by atoms with van der Waals surface area (Å²) in [5, 5.41) is 0. The Bertz CT molecular complexity index is 513. The molecule has 1 unspecified atom stereocenters. The van der Waals surface area contributed by atoms with Crippen molar-refractivity contribution in [1.82, 2.24) is 9.80 Å². The van der Waals surface area contributed by atoms with Crippen LogP contribution in [0.4, 0.5) is 0 Å². The molecule has 0 amide bonds. The molecule has 0 N–H and O–H groups in total. The second kappa shape index (κ2) is 6.86. The van der Waals surface area contributed by atoms with Gasteiger partial charge in [0.05, 0.1) is 26.9 Å². The molecule has 2 heterocycles. The van der Waals surface area contributed by atoms with Crippen LogP contribution in [0.3, 0.4) is 0 Å². The molecule has 22 heavy (non-hydrogen) atoms. The number of likely N-dealkylation sites (N-methyl/N-ethyl adjacent to an activating group) is 1. The zero-order valence-corrected chi connectivity index (χ0v) is 13.8. The maximum atomic E-state index is 6.06. The molecular weight excluding hydrogens is 280 g/mol. The fourth-order valence-corrected chi connectivity index (χ4v) is 3.27. The van der Waals surface area contributed by atoms with Crippen molar-refractivity contribution in [2.45, 2.75) is 12.5 Å². The van der Waals surface area contributed by atoms with E-state index < -0.39 is 0 Å². The van der Waals surface area contributed by atoms with Crippen molar-refractivity contribution in [3.05, 3.63) is 23.3 Å². The second-order valence-electron chi connectivity index (χ2n) is 6.12. The molecule has 5 heteroatoms. The fourth-order valence-electron chi connectivity index (χ4n) is 3.27. The Morgan fingerprint density at radius 2 is 1.77 bits per heavy atom. The smallest absolute Gasteiger partial charge is 0.161 e. The molecule has 122 valence electrons. The van der Waals surface area contributed by atoms with E-state index in [-0.39, 0.29) is 6.10 Å².